The molecule has 0 aliphatic carbocycles. The summed E-state index contributed by atoms with van der Waals surface area (Å²) in [5.41, 5.74) is 0.700. The van der Waals surface area contributed by atoms with Gasteiger partial charge in [-0.2, -0.15) is 0 Å². The third kappa shape index (κ3) is 3.98. The Morgan fingerprint density at radius 3 is 1.94 bits per heavy atom. The molecule has 0 aliphatic rings. The molecule has 0 bridgehead atoms. The number of hydrogen-bond donors (Lipinski definition) is 1. The molecular formula is C12H30O2Si2. The highest BCUT2D eigenvalue weighted by molar-refractivity contribution is 6.73. The first kappa shape index (κ1) is 16.4. The largest absolute Gasteiger partial charge is 0.432 e. The van der Waals surface area contributed by atoms with Crippen LogP contribution in [0.5, 0.6) is 0 Å². The molecule has 0 saturated carbocycles. The summed E-state index contributed by atoms with van der Waals surface area (Å²) in [5, 5.41) is -0.238. The molecule has 0 fully saturated rings. The summed E-state index contributed by atoms with van der Waals surface area (Å²) in [5.74, 6) is 0. The van der Waals surface area contributed by atoms with Crippen LogP contribution in [-0.4, -0.2) is 27.4 Å². The Balaban J connectivity index is 4.78. The molecule has 1 N–H and O–H groups in total. The van der Waals surface area contributed by atoms with Crippen molar-refractivity contribution in [1.82, 2.24) is 0 Å². The Kier molecular flexibility index (Phi) is 6.47. The zero-order valence-electron chi connectivity index (χ0n) is 12.1. The second-order valence-corrected chi connectivity index (χ2v) is 12.4. The minimum atomic E-state index is -1.75. The van der Waals surface area contributed by atoms with Gasteiger partial charge in [-0.15, -0.1) is 0 Å². The molecule has 0 spiro atoms. The minimum Gasteiger partial charge on any atom is -0.432 e. The second-order valence-electron chi connectivity index (χ2n) is 5.56. The van der Waals surface area contributed by atoms with Crippen molar-refractivity contribution >= 4 is 17.4 Å². The molecule has 4 heteroatoms. The summed E-state index contributed by atoms with van der Waals surface area (Å²) in [7, 11) is -3.43. The van der Waals surface area contributed by atoms with Crippen LogP contribution < -0.4 is 0 Å². The molecule has 2 nitrogen and oxygen atoms in total. The standard InChI is InChI=1S/C12H30O2Si2/c1-8-11(9-2)16(6,7)14-12(4,10-3)15(5)13/h11,13,15H,8-10H2,1-7H3. The highest BCUT2D eigenvalue weighted by Crippen LogP contribution is 2.34. The average Bonchev–Trinajstić information content (AvgIpc) is 2.17. The lowest BCUT2D eigenvalue weighted by Gasteiger charge is -2.42. The topological polar surface area (TPSA) is 29.5 Å². The van der Waals surface area contributed by atoms with Crippen LogP contribution in [0.25, 0.3) is 0 Å². The summed E-state index contributed by atoms with van der Waals surface area (Å²) in [6, 6.07) is 0. The maximum Gasteiger partial charge on any atom is 0.199 e. The molecule has 0 aromatic rings. The quantitative estimate of drug-likeness (QED) is 0.712. The second kappa shape index (κ2) is 6.33. The molecule has 0 rings (SSSR count). The van der Waals surface area contributed by atoms with Crippen LogP contribution in [0, 0.1) is 0 Å². The van der Waals surface area contributed by atoms with Crippen molar-refractivity contribution in [3.8, 4) is 0 Å². The molecule has 16 heavy (non-hydrogen) atoms. The van der Waals surface area contributed by atoms with Gasteiger partial charge in [0.15, 0.2) is 17.4 Å². The molecule has 0 radical (unpaired) electrons. The van der Waals surface area contributed by atoms with Crippen molar-refractivity contribution in [2.75, 3.05) is 0 Å². The maximum absolute atomic E-state index is 10.00. The lowest BCUT2D eigenvalue weighted by molar-refractivity contribution is 0.133. The van der Waals surface area contributed by atoms with Crippen molar-refractivity contribution in [3.63, 3.8) is 0 Å². The van der Waals surface area contributed by atoms with Crippen molar-refractivity contribution in [2.24, 2.45) is 0 Å². The molecule has 0 heterocycles. The molecule has 2 atom stereocenters. The molecular weight excluding hydrogens is 232 g/mol. The molecule has 0 saturated heterocycles. The first-order valence-electron chi connectivity index (χ1n) is 6.61. The van der Waals surface area contributed by atoms with Crippen LogP contribution in [0.4, 0.5) is 0 Å². The average molecular weight is 263 g/mol. The van der Waals surface area contributed by atoms with E-state index in [0.717, 1.165) is 6.42 Å². The van der Waals surface area contributed by atoms with Gasteiger partial charge in [0.05, 0.1) is 5.22 Å². The van der Waals surface area contributed by atoms with Gasteiger partial charge in [-0.25, -0.2) is 0 Å². The van der Waals surface area contributed by atoms with Gasteiger partial charge >= 0.3 is 0 Å². The zero-order chi connectivity index (χ0) is 13.0. The minimum absolute atomic E-state index is 0.238. The van der Waals surface area contributed by atoms with E-state index in [4.69, 9.17) is 4.43 Å². The Hall–Kier alpha value is 0.354. The van der Waals surface area contributed by atoms with Gasteiger partial charge in [0.2, 0.25) is 0 Å². The smallest absolute Gasteiger partial charge is 0.199 e. The molecule has 98 valence electrons. The summed E-state index contributed by atoms with van der Waals surface area (Å²) in [4.78, 5) is 10.00. The fraction of sp³-hybridized carbons (Fsp3) is 1.00. The normalized spacial score (nSPS) is 18.6. The van der Waals surface area contributed by atoms with Crippen molar-refractivity contribution < 1.29 is 9.22 Å². The highest BCUT2D eigenvalue weighted by Gasteiger charge is 2.41. The Labute approximate surface area is 104 Å². The predicted molar refractivity (Wildman–Crippen MR) is 76.8 cm³/mol. The molecule has 2 unspecified atom stereocenters. The van der Waals surface area contributed by atoms with Crippen LogP contribution in [-0.2, 0) is 4.43 Å². The van der Waals surface area contributed by atoms with E-state index in [1.54, 1.807) is 0 Å². The van der Waals surface area contributed by atoms with Gasteiger partial charge < -0.3 is 9.22 Å². The van der Waals surface area contributed by atoms with Gasteiger partial charge in [0.25, 0.3) is 0 Å². The predicted octanol–water partition coefficient (Wildman–Crippen LogP) is 3.45. The van der Waals surface area contributed by atoms with E-state index in [9.17, 15) is 4.80 Å². The molecule has 0 aromatic carbocycles. The SMILES string of the molecule is CCC(CC)[Si](C)(C)OC(C)(CC)[SiH](C)O. The molecule has 0 aromatic heterocycles. The monoisotopic (exact) mass is 262 g/mol. The lowest BCUT2D eigenvalue weighted by atomic mass is 10.3. The van der Waals surface area contributed by atoms with Crippen molar-refractivity contribution in [1.29, 1.82) is 0 Å². The highest BCUT2D eigenvalue weighted by atomic mass is 28.4. The van der Waals surface area contributed by atoms with Gasteiger partial charge in [-0.05, 0) is 38.5 Å². The fourth-order valence-electron chi connectivity index (χ4n) is 2.41. The number of rotatable bonds is 7. The lowest BCUT2D eigenvalue weighted by Crippen LogP contribution is -2.52. The Morgan fingerprint density at radius 1 is 1.25 bits per heavy atom. The third-order valence-electron chi connectivity index (χ3n) is 4.05. The summed E-state index contributed by atoms with van der Waals surface area (Å²) >= 11 is 0. The van der Waals surface area contributed by atoms with Crippen molar-refractivity contribution in [2.45, 2.75) is 77.4 Å². The van der Waals surface area contributed by atoms with Gasteiger partial charge in [0, 0.05) is 0 Å². The van der Waals surface area contributed by atoms with Gasteiger partial charge in [-0.1, -0.05) is 33.6 Å². The summed E-state index contributed by atoms with van der Waals surface area (Å²) < 4.78 is 6.43. The summed E-state index contributed by atoms with van der Waals surface area (Å²) in [6.07, 6.45) is 3.31. The van der Waals surface area contributed by atoms with Crippen molar-refractivity contribution in [3.05, 3.63) is 0 Å². The van der Waals surface area contributed by atoms with E-state index in [1.165, 1.54) is 12.8 Å². The van der Waals surface area contributed by atoms with Crippen LogP contribution in [0.15, 0.2) is 0 Å². The third-order valence-corrected chi connectivity index (χ3v) is 10.4. The van der Waals surface area contributed by atoms with E-state index in [1.807, 2.05) is 6.55 Å². The molecule has 0 amide bonds. The van der Waals surface area contributed by atoms with Crippen LogP contribution in [0.2, 0.25) is 25.2 Å². The van der Waals surface area contributed by atoms with Gasteiger partial charge in [0.1, 0.15) is 0 Å². The zero-order valence-corrected chi connectivity index (χ0v) is 14.3. The van der Waals surface area contributed by atoms with E-state index in [2.05, 4.69) is 40.8 Å². The maximum atomic E-state index is 10.00. The Morgan fingerprint density at radius 2 is 1.69 bits per heavy atom. The van der Waals surface area contributed by atoms with E-state index in [0.29, 0.717) is 5.54 Å². The first-order chi connectivity index (χ1) is 7.23. The van der Waals surface area contributed by atoms with Gasteiger partial charge in [-0.3, -0.25) is 0 Å². The number of hydrogen-bond acceptors (Lipinski definition) is 2. The fourth-order valence-corrected chi connectivity index (χ4v) is 8.07. The van der Waals surface area contributed by atoms with Crippen LogP contribution >= 0.6 is 0 Å². The van der Waals surface area contributed by atoms with E-state index >= 15 is 0 Å². The molecule has 0 aliphatic heterocycles. The van der Waals surface area contributed by atoms with E-state index in [-0.39, 0.29) is 5.22 Å². The van der Waals surface area contributed by atoms with Crippen LogP contribution in [0.1, 0.15) is 47.0 Å². The first-order valence-corrected chi connectivity index (χ1v) is 11.8. The van der Waals surface area contributed by atoms with E-state index < -0.39 is 17.4 Å². The van der Waals surface area contributed by atoms with Crippen LogP contribution in [0.3, 0.4) is 0 Å². The Bertz CT molecular complexity index is 203. The summed E-state index contributed by atoms with van der Waals surface area (Å²) in [6.45, 7) is 15.3.